The lowest BCUT2D eigenvalue weighted by Crippen LogP contribution is -2.17. The minimum absolute atomic E-state index is 0.0706. The van der Waals surface area contributed by atoms with Crippen LogP contribution in [0.15, 0.2) is 54.0 Å². The average molecular weight is 454 g/mol. The summed E-state index contributed by atoms with van der Waals surface area (Å²) >= 11 is 2.87. The van der Waals surface area contributed by atoms with Crippen molar-refractivity contribution in [2.45, 2.75) is 13.5 Å². The molecule has 0 aliphatic heterocycles. The Kier molecular flexibility index (Phi) is 6.10. The Morgan fingerprint density at radius 3 is 2.71 bits per heavy atom. The maximum absolute atomic E-state index is 12.8. The van der Waals surface area contributed by atoms with Crippen LogP contribution in [0.5, 0.6) is 5.75 Å². The summed E-state index contributed by atoms with van der Waals surface area (Å²) in [6.45, 7) is 1.97. The van der Waals surface area contributed by atoms with Gasteiger partial charge in [0.15, 0.2) is 16.6 Å². The predicted molar refractivity (Wildman–Crippen MR) is 121 cm³/mol. The fraction of sp³-hybridized carbons (Fsp3) is 0.143. The number of thiophene rings is 1. The lowest BCUT2D eigenvalue weighted by atomic mass is 10.3. The van der Waals surface area contributed by atoms with Crippen molar-refractivity contribution in [1.29, 1.82) is 0 Å². The Hall–Kier alpha value is -3.50. The molecule has 0 radical (unpaired) electrons. The van der Waals surface area contributed by atoms with E-state index in [4.69, 9.17) is 4.74 Å². The quantitative estimate of drug-likeness (QED) is 0.441. The minimum atomic E-state index is -0.398. The highest BCUT2D eigenvalue weighted by atomic mass is 32.1. The monoisotopic (exact) mass is 453 g/mol. The third kappa shape index (κ3) is 4.81. The standard InChI is InChI=1S/C21H19N5O3S2/c1-13(27)22-10-15-8-9-18(31-15)16-12-30-21(23-16)24-20(28)19-17(29-2)11-26(25-19)14-6-4-3-5-7-14/h3-9,11-12H,10H2,1-2H3,(H,22,27)(H,23,24,28). The Labute approximate surface area is 186 Å². The number of hydrogen-bond acceptors (Lipinski definition) is 7. The van der Waals surface area contributed by atoms with Gasteiger partial charge in [0.25, 0.3) is 5.91 Å². The largest absolute Gasteiger partial charge is 0.493 e. The molecule has 2 amide bonds. The summed E-state index contributed by atoms with van der Waals surface area (Å²) in [4.78, 5) is 30.4. The summed E-state index contributed by atoms with van der Waals surface area (Å²) < 4.78 is 6.93. The van der Waals surface area contributed by atoms with Gasteiger partial charge in [-0.1, -0.05) is 18.2 Å². The zero-order valence-electron chi connectivity index (χ0n) is 16.8. The predicted octanol–water partition coefficient (Wildman–Crippen LogP) is 3.95. The summed E-state index contributed by atoms with van der Waals surface area (Å²) in [5.74, 6) is -0.0947. The number of para-hydroxylation sites is 1. The zero-order valence-corrected chi connectivity index (χ0v) is 18.4. The minimum Gasteiger partial charge on any atom is -0.493 e. The second-order valence-corrected chi connectivity index (χ2v) is 8.52. The van der Waals surface area contributed by atoms with Crippen molar-refractivity contribution in [3.63, 3.8) is 0 Å². The summed E-state index contributed by atoms with van der Waals surface area (Å²) in [5, 5.41) is 12.3. The van der Waals surface area contributed by atoms with E-state index in [0.717, 1.165) is 21.1 Å². The van der Waals surface area contributed by atoms with Gasteiger partial charge in [0.05, 0.1) is 36.1 Å². The van der Waals surface area contributed by atoms with E-state index in [9.17, 15) is 9.59 Å². The highest BCUT2D eigenvalue weighted by molar-refractivity contribution is 7.17. The van der Waals surface area contributed by atoms with E-state index in [2.05, 4.69) is 20.7 Å². The van der Waals surface area contributed by atoms with Crippen molar-refractivity contribution < 1.29 is 14.3 Å². The normalized spacial score (nSPS) is 10.6. The second kappa shape index (κ2) is 9.11. The molecule has 3 aromatic heterocycles. The number of nitrogens with zero attached hydrogens (tertiary/aromatic N) is 3. The number of carbonyl (C=O) groups is 2. The number of nitrogens with one attached hydrogen (secondary N) is 2. The highest BCUT2D eigenvalue weighted by Crippen LogP contribution is 2.31. The van der Waals surface area contributed by atoms with E-state index in [1.54, 1.807) is 22.2 Å². The molecule has 0 unspecified atom stereocenters. The molecule has 158 valence electrons. The fourth-order valence-corrected chi connectivity index (χ4v) is 4.49. The highest BCUT2D eigenvalue weighted by Gasteiger charge is 2.20. The molecule has 1 aromatic carbocycles. The molecule has 0 aliphatic rings. The topological polar surface area (TPSA) is 98.1 Å². The van der Waals surface area contributed by atoms with Crippen LogP contribution in [-0.4, -0.2) is 33.7 Å². The van der Waals surface area contributed by atoms with Crippen LogP contribution >= 0.6 is 22.7 Å². The van der Waals surface area contributed by atoms with Crippen LogP contribution in [0.1, 0.15) is 22.3 Å². The first kappa shape index (κ1) is 20.8. The molecule has 0 fully saturated rings. The van der Waals surface area contributed by atoms with E-state index < -0.39 is 5.91 Å². The number of carbonyl (C=O) groups excluding carboxylic acids is 2. The third-order valence-corrected chi connectivity index (χ3v) is 6.15. The van der Waals surface area contributed by atoms with E-state index in [1.807, 2.05) is 47.8 Å². The van der Waals surface area contributed by atoms with E-state index in [-0.39, 0.29) is 11.6 Å². The molecule has 4 rings (SSSR count). The van der Waals surface area contributed by atoms with Crippen molar-refractivity contribution >= 4 is 39.6 Å². The van der Waals surface area contributed by atoms with E-state index >= 15 is 0 Å². The van der Waals surface area contributed by atoms with Gasteiger partial charge in [0.1, 0.15) is 0 Å². The van der Waals surface area contributed by atoms with Gasteiger partial charge in [0, 0.05) is 17.2 Å². The number of benzene rings is 1. The van der Waals surface area contributed by atoms with Gasteiger partial charge < -0.3 is 10.1 Å². The lowest BCUT2D eigenvalue weighted by molar-refractivity contribution is -0.119. The molecule has 10 heteroatoms. The molecule has 0 spiro atoms. The zero-order chi connectivity index (χ0) is 21.8. The number of rotatable bonds is 7. The second-order valence-electron chi connectivity index (χ2n) is 6.49. The van der Waals surface area contributed by atoms with E-state index in [0.29, 0.717) is 17.4 Å². The molecule has 3 heterocycles. The van der Waals surface area contributed by atoms with Gasteiger partial charge in [-0.05, 0) is 24.3 Å². The summed E-state index contributed by atoms with van der Waals surface area (Å²) in [7, 11) is 1.50. The van der Waals surface area contributed by atoms with E-state index in [1.165, 1.54) is 25.4 Å². The third-order valence-electron chi connectivity index (χ3n) is 4.29. The smallest absolute Gasteiger partial charge is 0.281 e. The first-order valence-corrected chi connectivity index (χ1v) is 11.0. The number of ether oxygens (including phenoxy) is 1. The van der Waals surface area contributed by atoms with Crippen LogP contribution < -0.4 is 15.4 Å². The lowest BCUT2D eigenvalue weighted by Gasteiger charge is -2.01. The first-order chi connectivity index (χ1) is 15.0. The van der Waals surface area contributed by atoms with Crippen LogP contribution in [0.3, 0.4) is 0 Å². The first-order valence-electron chi connectivity index (χ1n) is 9.33. The summed E-state index contributed by atoms with van der Waals surface area (Å²) in [6.07, 6.45) is 1.67. The Bertz CT molecular complexity index is 1210. The molecule has 0 bridgehead atoms. The molecule has 4 aromatic rings. The van der Waals surface area contributed by atoms with Crippen molar-refractivity contribution in [3.8, 4) is 22.0 Å². The van der Waals surface area contributed by atoms with Crippen molar-refractivity contribution in [3.05, 3.63) is 64.6 Å². The molecule has 31 heavy (non-hydrogen) atoms. The molecular weight excluding hydrogens is 434 g/mol. The fourth-order valence-electron chi connectivity index (χ4n) is 2.80. The number of thiazole rings is 1. The van der Waals surface area contributed by atoms with Crippen molar-refractivity contribution in [2.75, 3.05) is 12.4 Å². The number of hydrogen-bond donors (Lipinski definition) is 2. The van der Waals surface area contributed by atoms with Crippen molar-refractivity contribution in [2.24, 2.45) is 0 Å². The van der Waals surface area contributed by atoms with Gasteiger partial charge >= 0.3 is 0 Å². The van der Waals surface area contributed by atoms with Gasteiger partial charge in [-0.3, -0.25) is 14.9 Å². The summed E-state index contributed by atoms with van der Waals surface area (Å²) in [6, 6.07) is 13.4. The maximum Gasteiger partial charge on any atom is 0.281 e. The van der Waals surface area contributed by atoms with Crippen LogP contribution in [0.4, 0.5) is 5.13 Å². The molecule has 0 saturated carbocycles. The molecule has 0 aliphatic carbocycles. The SMILES string of the molecule is COc1cn(-c2ccccc2)nc1C(=O)Nc1nc(-c2ccc(CNC(C)=O)s2)cs1. The molecule has 0 saturated heterocycles. The van der Waals surface area contributed by atoms with Gasteiger partial charge in [-0.25, -0.2) is 9.67 Å². The average Bonchev–Trinajstić information content (AvgIpc) is 3.51. The van der Waals surface area contributed by atoms with Crippen LogP contribution in [-0.2, 0) is 11.3 Å². The number of amides is 2. The summed E-state index contributed by atoms with van der Waals surface area (Å²) in [5.41, 5.74) is 1.77. The number of aromatic nitrogens is 3. The van der Waals surface area contributed by atoms with Crippen LogP contribution in [0.25, 0.3) is 16.3 Å². The molecule has 2 N–H and O–H groups in total. The molecule has 0 atom stereocenters. The van der Waals surface area contributed by atoms with Crippen LogP contribution in [0, 0.1) is 0 Å². The number of methoxy groups -OCH3 is 1. The Morgan fingerprint density at radius 2 is 1.97 bits per heavy atom. The van der Waals surface area contributed by atoms with Gasteiger partial charge in [-0.15, -0.1) is 22.7 Å². The van der Waals surface area contributed by atoms with Gasteiger partial charge in [-0.2, -0.15) is 5.10 Å². The van der Waals surface area contributed by atoms with Gasteiger partial charge in [0.2, 0.25) is 5.91 Å². The molecule has 8 nitrogen and oxygen atoms in total. The maximum atomic E-state index is 12.8. The van der Waals surface area contributed by atoms with Crippen molar-refractivity contribution in [1.82, 2.24) is 20.1 Å². The Balaban J connectivity index is 1.48. The Morgan fingerprint density at radius 1 is 1.16 bits per heavy atom. The molecular formula is C21H19N5O3S2. The number of anilines is 1. The van der Waals surface area contributed by atoms with Crippen LogP contribution in [0.2, 0.25) is 0 Å².